The highest BCUT2D eigenvalue weighted by atomic mass is 19.1. The second-order valence-corrected chi connectivity index (χ2v) is 4.51. The first kappa shape index (κ1) is 12.3. The number of halogens is 1. The van der Waals surface area contributed by atoms with Crippen LogP contribution in [0.25, 0.3) is 11.1 Å². The van der Waals surface area contributed by atoms with E-state index in [0.29, 0.717) is 27.8 Å². The fourth-order valence-corrected chi connectivity index (χ4v) is 2.12. The zero-order chi connectivity index (χ0) is 14.3. The molecule has 0 bridgehead atoms. The maximum absolute atomic E-state index is 13.1. The van der Waals surface area contributed by atoms with Gasteiger partial charge in [-0.3, -0.25) is 9.78 Å². The lowest BCUT2D eigenvalue weighted by atomic mass is 9.99. The predicted molar refractivity (Wildman–Crippen MR) is 71.4 cm³/mol. The van der Waals surface area contributed by atoms with Crippen molar-refractivity contribution >= 4 is 16.9 Å². The van der Waals surface area contributed by atoms with Crippen molar-refractivity contribution in [2.75, 3.05) is 0 Å². The summed E-state index contributed by atoms with van der Waals surface area (Å²) in [6.45, 7) is 1.67. The Morgan fingerprint density at radius 2 is 2.00 bits per heavy atom. The van der Waals surface area contributed by atoms with Crippen LogP contribution in [0.2, 0.25) is 0 Å². The van der Waals surface area contributed by atoms with Gasteiger partial charge >= 0.3 is 5.76 Å². The number of aromatic amines is 1. The van der Waals surface area contributed by atoms with Gasteiger partial charge in [0.15, 0.2) is 11.4 Å². The van der Waals surface area contributed by atoms with Gasteiger partial charge in [0.25, 0.3) is 0 Å². The average Bonchev–Trinajstić information content (AvgIpc) is 2.77. The quantitative estimate of drug-likeness (QED) is 0.729. The lowest BCUT2D eigenvalue weighted by molar-refractivity contribution is 0.103. The molecule has 0 aliphatic carbocycles. The standard InChI is InChI=1S/C15H10FNO3/c1-8-6-10(16)3-4-11(8)14(18)9-2-5-12-13(7-9)20-15(19)17-12/h2-7H,1H3,(H,17,19). The van der Waals surface area contributed by atoms with Gasteiger partial charge in [-0.2, -0.15) is 0 Å². The zero-order valence-electron chi connectivity index (χ0n) is 10.6. The van der Waals surface area contributed by atoms with Gasteiger partial charge in [0, 0.05) is 11.1 Å². The van der Waals surface area contributed by atoms with Gasteiger partial charge in [0.1, 0.15) is 5.82 Å². The van der Waals surface area contributed by atoms with Crippen molar-refractivity contribution in [3.05, 3.63) is 69.5 Å². The molecule has 0 saturated carbocycles. The topological polar surface area (TPSA) is 63.1 Å². The summed E-state index contributed by atoms with van der Waals surface area (Å²) in [5, 5.41) is 0. The molecular formula is C15H10FNO3. The van der Waals surface area contributed by atoms with Crippen molar-refractivity contribution < 1.29 is 13.6 Å². The van der Waals surface area contributed by atoms with Crippen molar-refractivity contribution in [1.82, 2.24) is 4.98 Å². The smallest absolute Gasteiger partial charge is 0.408 e. The van der Waals surface area contributed by atoms with Crippen molar-refractivity contribution in [2.45, 2.75) is 6.92 Å². The zero-order valence-corrected chi connectivity index (χ0v) is 10.6. The summed E-state index contributed by atoms with van der Waals surface area (Å²) in [4.78, 5) is 26.0. The normalized spacial score (nSPS) is 10.9. The first-order chi connectivity index (χ1) is 9.54. The minimum atomic E-state index is -0.567. The third-order valence-electron chi connectivity index (χ3n) is 3.12. The summed E-state index contributed by atoms with van der Waals surface area (Å²) in [6.07, 6.45) is 0. The Kier molecular flexibility index (Phi) is 2.75. The molecule has 0 amide bonds. The fourth-order valence-electron chi connectivity index (χ4n) is 2.12. The SMILES string of the molecule is Cc1cc(F)ccc1C(=O)c1ccc2[nH]c(=O)oc2c1. The van der Waals surface area contributed by atoms with Crippen LogP contribution >= 0.6 is 0 Å². The lowest BCUT2D eigenvalue weighted by Gasteiger charge is -2.05. The van der Waals surface area contributed by atoms with Crippen LogP contribution in [0.3, 0.4) is 0 Å². The molecule has 3 aromatic rings. The van der Waals surface area contributed by atoms with E-state index < -0.39 is 5.76 Å². The molecule has 0 saturated heterocycles. The van der Waals surface area contributed by atoms with Crippen molar-refractivity contribution in [2.24, 2.45) is 0 Å². The highest BCUT2D eigenvalue weighted by Gasteiger charge is 2.14. The van der Waals surface area contributed by atoms with Crippen LogP contribution in [-0.4, -0.2) is 10.8 Å². The summed E-state index contributed by atoms with van der Waals surface area (Å²) in [5.74, 6) is -1.19. The highest BCUT2D eigenvalue weighted by Crippen LogP contribution is 2.18. The van der Waals surface area contributed by atoms with Crippen LogP contribution in [0, 0.1) is 12.7 Å². The molecule has 100 valence electrons. The molecule has 0 aliphatic heterocycles. The molecule has 0 unspecified atom stereocenters. The number of carbonyl (C=O) groups excluding carboxylic acids is 1. The van der Waals surface area contributed by atoms with Crippen LogP contribution in [-0.2, 0) is 0 Å². The molecule has 0 spiro atoms. The van der Waals surface area contributed by atoms with Crippen molar-refractivity contribution in [1.29, 1.82) is 0 Å². The summed E-state index contributed by atoms with van der Waals surface area (Å²) in [7, 11) is 0. The van der Waals surface area contributed by atoms with E-state index in [1.165, 1.54) is 24.3 Å². The molecule has 0 aliphatic rings. The van der Waals surface area contributed by atoms with Crippen LogP contribution in [0.5, 0.6) is 0 Å². The van der Waals surface area contributed by atoms with Gasteiger partial charge in [-0.25, -0.2) is 9.18 Å². The third kappa shape index (κ3) is 2.03. The van der Waals surface area contributed by atoms with Crippen LogP contribution < -0.4 is 5.76 Å². The van der Waals surface area contributed by atoms with Gasteiger partial charge in [0.2, 0.25) is 0 Å². The number of carbonyl (C=O) groups is 1. The molecule has 0 fully saturated rings. The van der Waals surface area contributed by atoms with Gasteiger partial charge in [-0.15, -0.1) is 0 Å². The molecule has 1 aromatic heterocycles. The number of aryl methyl sites for hydroxylation is 1. The maximum Gasteiger partial charge on any atom is 0.417 e. The second-order valence-electron chi connectivity index (χ2n) is 4.51. The van der Waals surface area contributed by atoms with E-state index in [1.54, 1.807) is 19.1 Å². The molecule has 1 heterocycles. The Morgan fingerprint density at radius 3 is 2.75 bits per heavy atom. The molecule has 20 heavy (non-hydrogen) atoms. The summed E-state index contributed by atoms with van der Waals surface area (Å²) >= 11 is 0. The highest BCUT2D eigenvalue weighted by molar-refractivity contribution is 6.10. The summed E-state index contributed by atoms with van der Waals surface area (Å²) in [6, 6.07) is 8.70. The molecule has 3 rings (SSSR count). The van der Waals surface area contributed by atoms with Gasteiger partial charge in [0.05, 0.1) is 5.52 Å². The second kappa shape index (κ2) is 4.45. The van der Waals surface area contributed by atoms with Crippen LogP contribution in [0.15, 0.2) is 45.6 Å². The first-order valence-electron chi connectivity index (χ1n) is 5.98. The monoisotopic (exact) mass is 271 g/mol. The minimum Gasteiger partial charge on any atom is -0.408 e. The number of aromatic nitrogens is 1. The van der Waals surface area contributed by atoms with Gasteiger partial charge < -0.3 is 4.42 Å². The largest absolute Gasteiger partial charge is 0.417 e. The number of benzene rings is 2. The van der Waals surface area contributed by atoms with E-state index in [2.05, 4.69) is 4.98 Å². The summed E-state index contributed by atoms with van der Waals surface area (Å²) < 4.78 is 18.0. The number of H-pyrrole nitrogens is 1. The van der Waals surface area contributed by atoms with Crippen LogP contribution in [0.1, 0.15) is 21.5 Å². The molecule has 2 aromatic carbocycles. The van der Waals surface area contributed by atoms with E-state index >= 15 is 0 Å². The summed E-state index contributed by atoms with van der Waals surface area (Å²) in [5.41, 5.74) is 2.22. The Labute approximate surface area is 112 Å². The fraction of sp³-hybridized carbons (Fsp3) is 0.0667. The molecule has 0 atom stereocenters. The Bertz CT molecular complexity index is 876. The van der Waals surface area contributed by atoms with E-state index in [-0.39, 0.29) is 11.6 Å². The van der Waals surface area contributed by atoms with Gasteiger partial charge in [-0.1, -0.05) is 0 Å². The first-order valence-corrected chi connectivity index (χ1v) is 5.98. The predicted octanol–water partition coefficient (Wildman–Crippen LogP) is 2.80. The number of rotatable bonds is 2. The minimum absolute atomic E-state index is 0.242. The number of hydrogen-bond acceptors (Lipinski definition) is 3. The number of fused-ring (bicyclic) bond motifs is 1. The molecule has 5 heteroatoms. The Balaban J connectivity index is 2.09. The average molecular weight is 271 g/mol. The van der Waals surface area contributed by atoms with E-state index in [4.69, 9.17) is 4.42 Å². The molecule has 1 N–H and O–H groups in total. The molecular weight excluding hydrogens is 261 g/mol. The number of oxazole rings is 1. The van der Waals surface area contributed by atoms with Gasteiger partial charge in [-0.05, 0) is 48.9 Å². The van der Waals surface area contributed by atoms with Crippen molar-refractivity contribution in [3.8, 4) is 0 Å². The van der Waals surface area contributed by atoms with E-state index in [1.807, 2.05) is 0 Å². The number of hydrogen-bond donors (Lipinski definition) is 1. The number of ketones is 1. The lowest BCUT2D eigenvalue weighted by Crippen LogP contribution is -2.03. The van der Waals surface area contributed by atoms with Crippen molar-refractivity contribution in [3.63, 3.8) is 0 Å². The van der Waals surface area contributed by atoms with E-state index in [0.717, 1.165) is 0 Å². The Morgan fingerprint density at radius 1 is 1.20 bits per heavy atom. The van der Waals surface area contributed by atoms with E-state index in [9.17, 15) is 14.0 Å². The maximum atomic E-state index is 13.1. The third-order valence-corrected chi connectivity index (χ3v) is 3.12. The number of nitrogens with one attached hydrogen (secondary N) is 1. The molecule has 0 radical (unpaired) electrons. The molecule has 4 nitrogen and oxygen atoms in total. The van der Waals surface area contributed by atoms with Crippen LogP contribution in [0.4, 0.5) is 4.39 Å². The Hall–Kier alpha value is -2.69.